The summed E-state index contributed by atoms with van der Waals surface area (Å²) in [5.74, 6) is 0.197. The van der Waals surface area contributed by atoms with E-state index in [1.165, 1.54) is 12.1 Å². The average Bonchev–Trinajstić information content (AvgIpc) is 3.04. The zero-order chi connectivity index (χ0) is 15.6. The molecule has 0 unspecified atom stereocenters. The van der Waals surface area contributed by atoms with Gasteiger partial charge in [0, 0.05) is 26.3 Å². The molecule has 2 fully saturated rings. The third kappa shape index (κ3) is 2.75. The molecule has 1 amide bonds. The molecule has 0 aromatic heterocycles. The van der Waals surface area contributed by atoms with E-state index in [-0.39, 0.29) is 11.7 Å². The molecule has 22 heavy (non-hydrogen) atoms. The summed E-state index contributed by atoms with van der Waals surface area (Å²) >= 11 is 0. The van der Waals surface area contributed by atoms with Gasteiger partial charge in [0.2, 0.25) is 5.91 Å². The first-order chi connectivity index (χ1) is 10.7. The number of hydrogen-bond acceptors (Lipinski definition) is 3. The number of amides is 1. The van der Waals surface area contributed by atoms with Crippen molar-refractivity contribution in [3.63, 3.8) is 0 Å². The van der Waals surface area contributed by atoms with Crippen LogP contribution in [0.3, 0.4) is 0 Å². The number of rotatable bonds is 3. The Hall–Kier alpha value is -1.46. The molecule has 2 heterocycles. The third-order valence-corrected chi connectivity index (χ3v) is 5.04. The Bertz CT molecular complexity index is 543. The van der Waals surface area contributed by atoms with Gasteiger partial charge >= 0.3 is 0 Å². The first-order valence-electron chi connectivity index (χ1n) is 7.99. The summed E-state index contributed by atoms with van der Waals surface area (Å²) < 4.78 is 19.1. The quantitative estimate of drug-likeness (QED) is 0.924. The molecule has 0 bridgehead atoms. The van der Waals surface area contributed by atoms with Crippen molar-refractivity contribution in [2.24, 2.45) is 11.7 Å². The molecule has 0 saturated carbocycles. The van der Waals surface area contributed by atoms with Crippen LogP contribution >= 0.6 is 0 Å². The first kappa shape index (κ1) is 15.4. The van der Waals surface area contributed by atoms with Crippen LogP contribution in [0.5, 0.6) is 0 Å². The lowest BCUT2D eigenvalue weighted by atomic mass is 9.73. The molecule has 1 aromatic carbocycles. The van der Waals surface area contributed by atoms with E-state index in [4.69, 9.17) is 10.5 Å². The molecule has 1 atom stereocenters. The van der Waals surface area contributed by atoms with Crippen LogP contribution in [0.25, 0.3) is 0 Å². The monoisotopic (exact) mass is 306 g/mol. The van der Waals surface area contributed by atoms with Gasteiger partial charge < -0.3 is 15.4 Å². The largest absolute Gasteiger partial charge is 0.381 e. The minimum Gasteiger partial charge on any atom is -0.381 e. The van der Waals surface area contributed by atoms with E-state index in [2.05, 4.69) is 0 Å². The number of ether oxygens (including phenoxy) is 1. The average molecular weight is 306 g/mol. The van der Waals surface area contributed by atoms with E-state index in [0.29, 0.717) is 45.1 Å². The number of nitrogens with two attached hydrogens (primary N) is 1. The van der Waals surface area contributed by atoms with Crippen molar-refractivity contribution in [3.8, 4) is 0 Å². The minimum atomic E-state index is -0.649. The molecule has 120 valence electrons. The summed E-state index contributed by atoms with van der Waals surface area (Å²) in [5, 5.41) is 0. The summed E-state index contributed by atoms with van der Waals surface area (Å²) in [5.41, 5.74) is 5.86. The summed E-state index contributed by atoms with van der Waals surface area (Å²) in [4.78, 5) is 15.1. The number of hydrogen-bond donors (Lipinski definition) is 1. The molecule has 4 nitrogen and oxygen atoms in total. The number of halogens is 1. The van der Waals surface area contributed by atoms with Gasteiger partial charge in [0.15, 0.2) is 0 Å². The fourth-order valence-electron chi connectivity index (χ4n) is 3.64. The van der Waals surface area contributed by atoms with E-state index in [9.17, 15) is 9.18 Å². The van der Waals surface area contributed by atoms with Crippen LogP contribution in [-0.4, -0.2) is 43.7 Å². The Labute approximate surface area is 130 Å². The Morgan fingerprint density at radius 2 is 2.18 bits per heavy atom. The molecule has 3 rings (SSSR count). The van der Waals surface area contributed by atoms with Crippen molar-refractivity contribution >= 4 is 5.91 Å². The molecule has 2 saturated heterocycles. The summed E-state index contributed by atoms with van der Waals surface area (Å²) in [6, 6.07) is 6.46. The molecular weight excluding hydrogens is 283 g/mol. The van der Waals surface area contributed by atoms with Crippen LogP contribution in [0.2, 0.25) is 0 Å². The topological polar surface area (TPSA) is 55.6 Å². The fourth-order valence-corrected chi connectivity index (χ4v) is 3.64. The molecule has 1 aromatic rings. The van der Waals surface area contributed by atoms with Gasteiger partial charge in [0.1, 0.15) is 5.82 Å². The third-order valence-electron chi connectivity index (χ3n) is 5.04. The second kappa shape index (κ2) is 6.34. The highest BCUT2D eigenvalue weighted by Gasteiger charge is 2.45. The maximum atomic E-state index is 13.7. The zero-order valence-corrected chi connectivity index (χ0v) is 12.8. The van der Waals surface area contributed by atoms with E-state index >= 15 is 0 Å². The van der Waals surface area contributed by atoms with E-state index in [0.717, 1.165) is 18.5 Å². The van der Waals surface area contributed by atoms with Gasteiger partial charge in [-0.25, -0.2) is 4.39 Å². The van der Waals surface area contributed by atoms with Gasteiger partial charge in [-0.3, -0.25) is 4.79 Å². The molecule has 2 N–H and O–H groups in total. The van der Waals surface area contributed by atoms with Crippen molar-refractivity contribution in [3.05, 3.63) is 35.6 Å². The van der Waals surface area contributed by atoms with E-state index in [1.54, 1.807) is 6.07 Å². The lowest BCUT2D eigenvalue weighted by Crippen LogP contribution is -2.49. The number of carbonyl (C=O) groups is 1. The number of likely N-dealkylation sites (tertiary alicyclic amines) is 1. The SMILES string of the molecule is NC[C@H]1CCN(C(=O)C2(c3cccc(F)c3)CCOCC2)C1. The number of carbonyl (C=O) groups excluding carboxylic acids is 1. The minimum absolute atomic E-state index is 0.109. The van der Waals surface area contributed by atoms with Gasteiger partial charge in [-0.15, -0.1) is 0 Å². The van der Waals surface area contributed by atoms with Gasteiger partial charge in [0.05, 0.1) is 5.41 Å². The van der Waals surface area contributed by atoms with Crippen molar-refractivity contribution in [1.82, 2.24) is 4.90 Å². The molecule has 0 radical (unpaired) electrons. The van der Waals surface area contributed by atoms with Crippen molar-refractivity contribution < 1.29 is 13.9 Å². The van der Waals surface area contributed by atoms with Crippen molar-refractivity contribution in [2.75, 3.05) is 32.8 Å². The molecule has 0 spiro atoms. The van der Waals surface area contributed by atoms with Gasteiger partial charge in [-0.2, -0.15) is 0 Å². The van der Waals surface area contributed by atoms with Crippen molar-refractivity contribution in [1.29, 1.82) is 0 Å². The lowest BCUT2D eigenvalue weighted by molar-refractivity contribution is -0.140. The van der Waals surface area contributed by atoms with Gasteiger partial charge in [-0.05, 0) is 49.4 Å². The molecule has 5 heteroatoms. The van der Waals surface area contributed by atoms with Crippen LogP contribution in [0.1, 0.15) is 24.8 Å². The predicted molar refractivity (Wildman–Crippen MR) is 81.9 cm³/mol. The highest BCUT2D eigenvalue weighted by molar-refractivity contribution is 5.88. The second-order valence-electron chi connectivity index (χ2n) is 6.35. The molecule has 0 aliphatic carbocycles. The Balaban J connectivity index is 1.91. The van der Waals surface area contributed by atoms with Crippen LogP contribution in [0.15, 0.2) is 24.3 Å². The summed E-state index contributed by atoms with van der Waals surface area (Å²) in [7, 11) is 0. The fraction of sp³-hybridized carbons (Fsp3) is 0.588. The van der Waals surface area contributed by atoms with Crippen LogP contribution in [0.4, 0.5) is 4.39 Å². The highest BCUT2D eigenvalue weighted by atomic mass is 19.1. The van der Waals surface area contributed by atoms with Crippen LogP contribution < -0.4 is 5.73 Å². The summed E-state index contributed by atoms with van der Waals surface area (Å²) in [6.45, 7) is 3.15. The van der Waals surface area contributed by atoms with Crippen LogP contribution in [-0.2, 0) is 14.9 Å². The Morgan fingerprint density at radius 3 is 2.82 bits per heavy atom. The normalized spacial score (nSPS) is 24.5. The highest BCUT2D eigenvalue weighted by Crippen LogP contribution is 2.38. The lowest BCUT2D eigenvalue weighted by Gasteiger charge is -2.39. The molecule has 2 aliphatic heterocycles. The Morgan fingerprint density at radius 1 is 1.41 bits per heavy atom. The number of benzene rings is 1. The van der Waals surface area contributed by atoms with E-state index in [1.807, 2.05) is 11.0 Å². The van der Waals surface area contributed by atoms with Gasteiger partial charge in [0.25, 0.3) is 0 Å². The standard InChI is InChI=1S/C17H23FN2O2/c18-15-3-1-2-14(10-15)17(5-8-22-9-6-17)16(21)20-7-4-13(11-19)12-20/h1-3,10,13H,4-9,11-12,19H2/t13-/m1/s1. The first-order valence-corrected chi connectivity index (χ1v) is 7.99. The van der Waals surface area contributed by atoms with E-state index < -0.39 is 5.41 Å². The predicted octanol–water partition coefficient (Wildman–Crippen LogP) is 1.68. The smallest absolute Gasteiger partial charge is 0.233 e. The van der Waals surface area contributed by atoms with Crippen molar-refractivity contribution in [2.45, 2.75) is 24.7 Å². The Kier molecular flexibility index (Phi) is 4.45. The summed E-state index contributed by atoms with van der Waals surface area (Å²) in [6.07, 6.45) is 2.18. The number of nitrogens with zero attached hydrogens (tertiary/aromatic N) is 1. The maximum Gasteiger partial charge on any atom is 0.233 e. The second-order valence-corrected chi connectivity index (χ2v) is 6.35. The van der Waals surface area contributed by atoms with Crippen LogP contribution in [0, 0.1) is 11.7 Å². The van der Waals surface area contributed by atoms with Gasteiger partial charge in [-0.1, -0.05) is 12.1 Å². The molecule has 2 aliphatic rings. The molecular formula is C17H23FN2O2. The zero-order valence-electron chi connectivity index (χ0n) is 12.8. The maximum absolute atomic E-state index is 13.7.